The van der Waals surface area contributed by atoms with E-state index in [1.165, 1.54) is 4.90 Å². The molecule has 114 valence electrons. The predicted octanol–water partition coefficient (Wildman–Crippen LogP) is 3.19. The molecule has 2 amide bonds. The first-order chi connectivity index (χ1) is 10.5. The van der Waals surface area contributed by atoms with E-state index >= 15 is 0 Å². The van der Waals surface area contributed by atoms with E-state index in [1.807, 2.05) is 6.92 Å². The van der Waals surface area contributed by atoms with Crippen LogP contribution < -0.4 is 0 Å². The third kappa shape index (κ3) is 2.60. The zero-order chi connectivity index (χ0) is 16.3. The number of imide groups is 1. The molecule has 2 rings (SSSR count). The molecule has 4 nitrogen and oxygen atoms in total. The van der Waals surface area contributed by atoms with Gasteiger partial charge in [-0.05, 0) is 23.8 Å². The van der Waals surface area contributed by atoms with E-state index in [2.05, 4.69) is 13.2 Å². The summed E-state index contributed by atoms with van der Waals surface area (Å²) in [6.45, 7) is 9.67. The van der Waals surface area contributed by atoms with Crippen LogP contribution in [0.1, 0.15) is 27.6 Å². The van der Waals surface area contributed by atoms with Gasteiger partial charge in [-0.1, -0.05) is 38.3 Å². The molecule has 0 aromatic heterocycles. The van der Waals surface area contributed by atoms with E-state index in [1.54, 1.807) is 43.5 Å². The Balaban J connectivity index is 2.27. The minimum atomic E-state index is -0.256. The van der Waals surface area contributed by atoms with Crippen LogP contribution in [0, 0.1) is 5.92 Å². The van der Waals surface area contributed by atoms with E-state index in [-0.39, 0.29) is 24.3 Å². The van der Waals surface area contributed by atoms with Gasteiger partial charge in [0, 0.05) is 12.5 Å². The van der Waals surface area contributed by atoms with E-state index in [0.29, 0.717) is 16.9 Å². The van der Waals surface area contributed by atoms with Crippen LogP contribution >= 0.6 is 0 Å². The smallest absolute Gasteiger partial charge is 0.261 e. The number of allylic oxidation sites excluding steroid dienone is 2. The highest BCUT2D eigenvalue weighted by molar-refractivity contribution is 6.21. The molecule has 0 fully saturated rings. The van der Waals surface area contributed by atoms with Crippen LogP contribution in [0.3, 0.4) is 0 Å². The first-order valence-corrected chi connectivity index (χ1v) is 7.03. The molecular formula is C18H19NO3. The number of carbonyl (C=O) groups excluding carboxylic acids is 2. The first kappa shape index (κ1) is 15.8. The van der Waals surface area contributed by atoms with Gasteiger partial charge >= 0.3 is 0 Å². The van der Waals surface area contributed by atoms with E-state index in [9.17, 15) is 9.59 Å². The molecule has 1 unspecified atom stereocenters. The maximum Gasteiger partial charge on any atom is 0.261 e. The predicted molar refractivity (Wildman–Crippen MR) is 85.4 cm³/mol. The number of fused-ring (bicyclic) bond motifs is 1. The maximum absolute atomic E-state index is 12.4. The van der Waals surface area contributed by atoms with Gasteiger partial charge in [-0.15, -0.1) is 0 Å². The molecular weight excluding hydrogens is 278 g/mol. The van der Waals surface area contributed by atoms with Crippen molar-refractivity contribution in [3.8, 4) is 0 Å². The van der Waals surface area contributed by atoms with Crippen molar-refractivity contribution in [1.82, 2.24) is 4.90 Å². The molecule has 0 N–H and O–H groups in total. The van der Waals surface area contributed by atoms with Crippen LogP contribution in [0.5, 0.6) is 0 Å². The number of benzene rings is 1. The summed E-state index contributed by atoms with van der Waals surface area (Å²) in [6, 6.07) is 6.86. The van der Waals surface area contributed by atoms with Crippen LogP contribution in [-0.2, 0) is 4.74 Å². The largest absolute Gasteiger partial charge is 0.496 e. The van der Waals surface area contributed by atoms with Gasteiger partial charge in [0.1, 0.15) is 5.76 Å². The van der Waals surface area contributed by atoms with Crippen molar-refractivity contribution in [1.29, 1.82) is 0 Å². The highest BCUT2D eigenvalue weighted by atomic mass is 16.5. The summed E-state index contributed by atoms with van der Waals surface area (Å²) in [5.74, 6) is -0.0198. The zero-order valence-corrected chi connectivity index (χ0v) is 12.8. The monoisotopic (exact) mass is 297 g/mol. The molecule has 1 heterocycles. The van der Waals surface area contributed by atoms with Gasteiger partial charge in [-0.3, -0.25) is 14.5 Å². The number of hydrogen-bond acceptors (Lipinski definition) is 3. The van der Waals surface area contributed by atoms with Crippen LogP contribution in [-0.4, -0.2) is 30.4 Å². The average molecular weight is 297 g/mol. The summed E-state index contributed by atoms with van der Waals surface area (Å²) in [7, 11) is 1.55. The molecule has 4 heteroatoms. The van der Waals surface area contributed by atoms with Crippen LogP contribution in [0.2, 0.25) is 0 Å². The highest BCUT2D eigenvalue weighted by Gasteiger charge is 2.36. The van der Waals surface area contributed by atoms with Crippen molar-refractivity contribution in [3.63, 3.8) is 0 Å². The van der Waals surface area contributed by atoms with Crippen molar-refractivity contribution >= 4 is 11.8 Å². The molecule has 0 spiro atoms. The lowest BCUT2D eigenvalue weighted by Gasteiger charge is -2.21. The van der Waals surface area contributed by atoms with Gasteiger partial charge in [-0.2, -0.15) is 0 Å². The fraction of sp³-hybridized carbons (Fsp3) is 0.222. The lowest BCUT2D eigenvalue weighted by molar-refractivity contribution is 0.0639. The van der Waals surface area contributed by atoms with Crippen LogP contribution in [0.4, 0.5) is 0 Å². The molecule has 0 saturated carbocycles. The minimum Gasteiger partial charge on any atom is -0.496 e. The Hall–Kier alpha value is -2.62. The van der Waals surface area contributed by atoms with Crippen molar-refractivity contribution < 1.29 is 14.3 Å². The summed E-state index contributed by atoms with van der Waals surface area (Å²) in [4.78, 5) is 26.0. The number of hydrogen-bond donors (Lipinski definition) is 0. The van der Waals surface area contributed by atoms with Gasteiger partial charge < -0.3 is 4.74 Å². The Morgan fingerprint density at radius 3 is 2.14 bits per heavy atom. The van der Waals surface area contributed by atoms with Crippen LogP contribution in [0.15, 0.2) is 60.9 Å². The Morgan fingerprint density at radius 2 is 1.73 bits per heavy atom. The topological polar surface area (TPSA) is 46.6 Å². The van der Waals surface area contributed by atoms with Gasteiger partial charge in [-0.25, -0.2) is 0 Å². The van der Waals surface area contributed by atoms with Gasteiger partial charge in [0.2, 0.25) is 0 Å². The quantitative estimate of drug-likeness (QED) is 0.460. The average Bonchev–Trinajstić information content (AvgIpc) is 2.77. The molecule has 22 heavy (non-hydrogen) atoms. The molecule has 0 saturated heterocycles. The lowest BCUT2D eigenvalue weighted by atomic mass is 9.99. The fourth-order valence-electron chi connectivity index (χ4n) is 2.64. The fourth-order valence-corrected chi connectivity index (χ4v) is 2.64. The van der Waals surface area contributed by atoms with Crippen molar-refractivity contribution in [2.45, 2.75) is 6.92 Å². The molecule has 0 radical (unpaired) electrons. The second kappa shape index (κ2) is 6.43. The third-order valence-corrected chi connectivity index (χ3v) is 3.78. The lowest BCUT2D eigenvalue weighted by Crippen LogP contribution is -2.34. The van der Waals surface area contributed by atoms with E-state index < -0.39 is 0 Å². The standard InChI is InChI=1S/C18H19NO3/c1-5-13(16(6-2)22-4)12(3)11-19-17(20)14-9-7-8-10-15(14)18(19)21/h5-10,12H,1-2,11H2,3-4H3/b16-13-. The number of nitrogens with zero attached hydrogens (tertiary/aromatic N) is 1. The Kier molecular flexibility index (Phi) is 4.61. The molecule has 1 aliphatic rings. The summed E-state index contributed by atoms with van der Waals surface area (Å²) < 4.78 is 5.26. The number of ether oxygens (including phenoxy) is 1. The van der Waals surface area contributed by atoms with Crippen molar-refractivity contribution in [2.75, 3.05) is 13.7 Å². The number of carbonyl (C=O) groups is 2. The normalized spacial score (nSPS) is 16.0. The second-order valence-corrected chi connectivity index (χ2v) is 5.10. The summed E-state index contributed by atoms with van der Waals surface area (Å²) in [5.41, 5.74) is 1.73. The Labute approximate surface area is 130 Å². The van der Waals surface area contributed by atoms with Crippen molar-refractivity contribution in [2.24, 2.45) is 5.92 Å². The number of rotatable bonds is 6. The summed E-state index contributed by atoms with van der Waals surface area (Å²) in [6.07, 6.45) is 3.26. The van der Waals surface area contributed by atoms with E-state index in [4.69, 9.17) is 4.74 Å². The van der Waals surface area contributed by atoms with E-state index in [0.717, 1.165) is 5.57 Å². The first-order valence-electron chi connectivity index (χ1n) is 7.03. The SMILES string of the molecule is C=C/C(OC)=C(\C=C)C(C)CN1C(=O)c2ccccc2C1=O. The number of amides is 2. The molecule has 0 bridgehead atoms. The Morgan fingerprint density at radius 1 is 1.18 bits per heavy atom. The second-order valence-electron chi connectivity index (χ2n) is 5.10. The zero-order valence-electron chi connectivity index (χ0n) is 12.8. The molecule has 1 atom stereocenters. The summed E-state index contributed by atoms with van der Waals surface area (Å²) in [5, 5.41) is 0. The van der Waals surface area contributed by atoms with Crippen molar-refractivity contribution in [3.05, 3.63) is 72.0 Å². The van der Waals surface area contributed by atoms with Gasteiger partial charge in [0.05, 0.1) is 18.2 Å². The molecule has 1 aromatic rings. The van der Waals surface area contributed by atoms with Gasteiger partial charge in [0.25, 0.3) is 11.8 Å². The third-order valence-electron chi connectivity index (χ3n) is 3.78. The van der Waals surface area contributed by atoms with Crippen LogP contribution in [0.25, 0.3) is 0 Å². The maximum atomic E-state index is 12.4. The number of methoxy groups -OCH3 is 1. The van der Waals surface area contributed by atoms with Gasteiger partial charge in [0.15, 0.2) is 0 Å². The molecule has 0 aliphatic carbocycles. The summed E-state index contributed by atoms with van der Waals surface area (Å²) >= 11 is 0. The molecule has 1 aliphatic heterocycles. The molecule has 1 aromatic carbocycles. The highest BCUT2D eigenvalue weighted by Crippen LogP contribution is 2.26. The Bertz CT molecular complexity index is 638. The minimum absolute atomic E-state index is 0.104.